The largest absolute Gasteiger partial charge is 0.492 e. The summed E-state index contributed by atoms with van der Waals surface area (Å²) in [7, 11) is 0. The van der Waals surface area contributed by atoms with Crippen LogP contribution in [0.25, 0.3) is 0 Å². The fourth-order valence-corrected chi connectivity index (χ4v) is 2.35. The first kappa shape index (κ1) is 11.3. The summed E-state index contributed by atoms with van der Waals surface area (Å²) in [6.07, 6.45) is 6.94. The lowest BCUT2D eigenvalue weighted by Crippen LogP contribution is -2.06. The predicted octanol–water partition coefficient (Wildman–Crippen LogP) is 1.94. The van der Waals surface area contributed by atoms with E-state index in [0.29, 0.717) is 6.61 Å². The third-order valence-corrected chi connectivity index (χ3v) is 3.34. The Bertz CT molecular complexity index is 523. The van der Waals surface area contributed by atoms with Crippen LogP contribution in [-0.2, 0) is 13.0 Å². The molecule has 1 aliphatic rings. The van der Waals surface area contributed by atoms with Gasteiger partial charge < -0.3 is 14.4 Å². The van der Waals surface area contributed by atoms with E-state index in [-0.39, 0.29) is 6.10 Å². The van der Waals surface area contributed by atoms with Crippen LogP contribution in [-0.4, -0.2) is 21.3 Å². The van der Waals surface area contributed by atoms with Gasteiger partial charge in [-0.3, -0.25) is 0 Å². The van der Waals surface area contributed by atoms with E-state index >= 15 is 0 Å². The van der Waals surface area contributed by atoms with Crippen molar-refractivity contribution in [1.82, 2.24) is 9.55 Å². The molecule has 4 nitrogen and oxygen atoms in total. The van der Waals surface area contributed by atoms with Gasteiger partial charge >= 0.3 is 0 Å². The fraction of sp³-hybridized carbons (Fsp3) is 0.357. The second-order valence-corrected chi connectivity index (χ2v) is 4.56. The highest BCUT2D eigenvalue weighted by Gasteiger charge is 2.20. The Morgan fingerprint density at radius 3 is 3.22 bits per heavy atom. The lowest BCUT2D eigenvalue weighted by molar-refractivity contribution is 0.180. The average Bonchev–Trinajstić information content (AvgIpc) is 3.00. The van der Waals surface area contributed by atoms with Crippen molar-refractivity contribution in [2.24, 2.45) is 0 Å². The van der Waals surface area contributed by atoms with Crippen molar-refractivity contribution in [1.29, 1.82) is 0 Å². The minimum absolute atomic E-state index is 0.292. The average molecular weight is 244 g/mol. The van der Waals surface area contributed by atoms with Gasteiger partial charge in [-0.15, -0.1) is 0 Å². The Labute approximate surface area is 106 Å². The SMILES string of the molecule is OC1CCc2cc(OCCn3ccnc3)ccc21. The number of imidazole rings is 1. The van der Waals surface area contributed by atoms with Crippen molar-refractivity contribution in [2.75, 3.05) is 6.61 Å². The van der Waals surface area contributed by atoms with Gasteiger partial charge in [0.05, 0.1) is 19.0 Å². The molecule has 0 saturated heterocycles. The number of aromatic nitrogens is 2. The van der Waals surface area contributed by atoms with Gasteiger partial charge in [0.25, 0.3) is 0 Å². The Morgan fingerprint density at radius 1 is 1.44 bits per heavy atom. The first-order valence-corrected chi connectivity index (χ1v) is 6.22. The molecule has 94 valence electrons. The van der Waals surface area contributed by atoms with Crippen molar-refractivity contribution in [3.05, 3.63) is 48.0 Å². The number of aliphatic hydroxyl groups excluding tert-OH is 1. The predicted molar refractivity (Wildman–Crippen MR) is 67.4 cm³/mol. The van der Waals surface area contributed by atoms with Gasteiger partial charge in [0.1, 0.15) is 12.4 Å². The number of hydrogen-bond acceptors (Lipinski definition) is 3. The fourth-order valence-electron chi connectivity index (χ4n) is 2.35. The molecule has 1 atom stereocenters. The van der Waals surface area contributed by atoms with Crippen molar-refractivity contribution >= 4 is 0 Å². The Balaban J connectivity index is 1.60. The quantitative estimate of drug-likeness (QED) is 0.894. The smallest absolute Gasteiger partial charge is 0.119 e. The second-order valence-electron chi connectivity index (χ2n) is 4.56. The van der Waals surface area contributed by atoms with Gasteiger partial charge in [-0.1, -0.05) is 6.07 Å². The van der Waals surface area contributed by atoms with Gasteiger partial charge in [-0.2, -0.15) is 0 Å². The Morgan fingerprint density at radius 2 is 2.39 bits per heavy atom. The topological polar surface area (TPSA) is 47.3 Å². The number of benzene rings is 1. The molecule has 0 saturated carbocycles. The molecule has 18 heavy (non-hydrogen) atoms. The zero-order valence-corrected chi connectivity index (χ0v) is 10.1. The molecule has 0 spiro atoms. The van der Waals surface area contributed by atoms with Crippen LogP contribution >= 0.6 is 0 Å². The highest BCUT2D eigenvalue weighted by Crippen LogP contribution is 2.33. The second kappa shape index (κ2) is 4.82. The third-order valence-electron chi connectivity index (χ3n) is 3.34. The zero-order chi connectivity index (χ0) is 12.4. The summed E-state index contributed by atoms with van der Waals surface area (Å²) >= 11 is 0. The maximum absolute atomic E-state index is 9.72. The molecule has 2 aromatic rings. The van der Waals surface area contributed by atoms with E-state index in [1.807, 2.05) is 29.0 Å². The molecule has 1 aromatic heterocycles. The molecule has 0 fully saturated rings. The van der Waals surface area contributed by atoms with Crippen LogP contribution in [0.15, 0.2) is 36.9 Å². The minimum atomic E-state index is -0.292. The molecule has 0 radical (unpaired) electrons. The van der Waals surface area contributed by atoms with Gasteiger partial charge in [0.15, 0.2) is 0 Å². The van der Waals surface area contributed by atoms with Crippen LogP contribution in [0.2, 0.25) is 0 Å². The molecule has 1 heterocycles. The monoisotopic (exact) mass is 244 g/mol. The molecule has 0 amide bonds. The molecule has 4 heteroatoms. The maximum Gasteiger partial charge on any atom is 0.119 e. The van der Waals surface area contributed by atoms with Crippen LogP contribution in [0, 0.1) is 0 Å². The maximum atomic E-state index is 9.72. The lowest BCUT2D eigenvalue weighted by atomic mass is 10.1. The van der Waals surface area contributed by atoms with Crippen LogP contribution in [0.5, 0.6) is 5.75 Å². The summed E-state index contributed by atoms with van der Waals surface area (Å²) in [4.78, 5) is 3.98. The van der Waals surface area contributed by atoms with Crippen LogP contribution in [0.3, 0.4) is 0 Å². The van der Waals surface area contributed by atoms with Crippen molar-refractivity contribution in [3.8, 4) is 5.75 Å². The third kappa shape index (κ3) is 2.24. The van der Waals surface area contributed by atoms with Crippen molar-refractivity contribution < 1.29 is 9.84 Å². The number of aliphatic hydroxyl groups is 1. The molecule has 1 N–H and O–H groups in total. The highest BCUT2D eigenvalue weighted by atomic mass is 16.5. The standard InChI is InChI=1S/C14H16N2O2/c17-14-4-1-11-9-12(2-3-13(11)14)18-8-7-16-6-5-15-10-16/h2-3,5-6,9-10,14,17H,1,4,7-8H2. The number of fused-ring (bicyclic) bond motifs is 1. The molecule has 3 rings (SSSR count). The van der Waals surface area contributed by atoms with Gasteiger partial charge in [0.2, 0.25) is 0 Å². The van der Waals surface area contributed by atoms with Gasteiger partial charge in [0, 0.05) is 12.4 Å². The summed E-state index contributed by atoms with van der Waals surface area (Å²) in [5.74, 6) is 0.878. The summed E-state index contributed by atoms with van der Waals surface area (Å²) in [6.45, 7) is 1.41. The molecular formula is C14H16N2O2. The molecule has 1 aliphatic carbocycles. The summed E-state index contributed by atoms with van der Waals surface area (Å²) in [5.41, 5.74) is 2.26. The van der Waals surface area contributed by atoms with Gasteiger partial charge in [-0.25, -0.2) is 4.98 Å². The number of ether oxygens (including phenoxy) is 1. The molecule has 1 aromatic carbocycles. The van der Waals surface area contributed by atoms with Gasteiger partial charge in [-0.05, 0) is 36.1 Å². The molecular weight excluding hydrogens is 228 g/mol. The normalized spacial score (nSPS) is 17.7. The number of hydrogen-bond donors (Lipinski definition) is 1. The summed E-state index contributed by atoms with van der Waals surface area (Å²) in [6, 6.07) is 5.94. The zero-order valence-electron chi connectivity index (χ0n) is 10.1. The summed E-state index contributed by atoms with van der Waals surface area (Å²) in [5, 5.41) is 9.72. The van der Waals surface area contributed by atoms with E-state index in [9.17, 15) is 5.11 Å². The summed E-state index contributed by atoms with van der Waals surface area (Å²) < 4.78 is 7.69. The van der Waals surface area contributed by atoms with E-state index in [4.69, 9.17) is 4.74 Å². The lowest BCUT2D eigenvalue weighted by Gasteiger charge is -2.09. The first-order chi connectivity index (χ1) is 8.83. The number of aryl methyl sites for hydroxylation is 1. The molecule has 0 aliphatic heterocycles. The molecule has 1 unspecified atom stereocenters. The van der Waals surface area contributed by atoms with Crippen LogP contribution < -0.4 is 4.74 Å². The highest BCUT2D eigenvalue weighted by molar-refractivity contribution is 5.39. The minimum Gasteiger partial charge on any atom is -0.492 e. The van der Waals surface area contributed by atoms with E-state index in [2.05, 4.69) is 4.98 Å². The van der Waals surface area contributed by atoms with E-state index in [1.165, 1.54) is 5.56 Å². The number of nitrogens with zero attached hydrogens (tertiary/aromatic N) is 2. The van der Waals surface area contributed by atoms with Crippen molar-refractivity contribution in [2.45, 2.75) is 25.5 Å². The Kier molecular flexibility index (Phi) is 3.02. The number of rotatable bonds is 4. The van der Waals surface area contributed by atoms with E-state index < -0.39 is 0 Å². The van der Waals surface area contributed by atoms with E-state index in [1.54, 1.807) is 12.5 Å². The Hall–Kier alpha value is -1.81. The van der Waals surface area contributed by atoms with Crippen LogP contribution in [0.1, 0.15) is 23.7 Å². The first-order valence-electron chi connectivity index (χ1n) is 6.22. The van der Waals surface area contributed by atoms with Crippen LogP contribution in [0.4, 0.5) is 0 Å². The van der Waals surface area contributed by atoms with E-state index in [0.717, 1.165) is 30.7 Å². The van der Waals surface area contributed by atoms with Crippen molar-refractivity contribution in [3.63, 3.8) is 0 Å². The molecule has 0 bridgehead atoms.